The Morgan fingerprint density at radius 2 is 1.85 bits per heavy atom. The molecule has 1 fully saturated rings. The Labute approximate surface area is 232 Å². The van der Waals surface area contributed by atoms with Crippen LogP contribution >= 0.6 is 23.5 Å². The van der Waals surface area contributed by atoms with Crippen molar-refractivity contribution in [2.75, 3.05) is 38.1 Å². The lowest BCUT2D eigenvalue weighted by Gasteiger charge is -2.45. The van der Waals surface area contributed by atoms with Gasteiger partial charge in [0, 0.05) is 35.5 Å². The number of fused-ring (bicyclic) bond motifs is 3. The summed E-state index contributed by atoms with van der Waals surface area (Å²) in [5.41, 5.74) is 2.86. The van der Waals surface area contributed by atoms with Crippen LogP contribution < -0.4 is 10.8 Å². The monoisotopic (exact) mass is 597 g/mol. The van der Waals surface area contributed by atoms with Crippen molar-refractivity contribution >= 4 is 79.0 Å². The molecule has 3 N–H and O–H groups in total. The number of furan rings is 1. The number of hydrogen-bond donors (Lipinski definition) is 3. The van der Waals surface area contributed by atoms with Gasteiger partial charge in [-0.2, -0.15) is 4.31 Å². The fourth-order valence-corrected chi connectivity index (χ4v) is 8.10. The van der Waals surface area contributed by atoms with E-state index in [1.54, 1.807) is 36.2 Å². The molecule has 15 heteroatoms. The van der Waals surface area contributed by atoms with Gasteiger partial charge in [-0.25, -0.2) is 13.9 Å². The number of sulfonamides is 1. The standard InChI is InChI=1S/C24H27N3O9S3/c1-34-21(29)9-8-20(28)25-14-4-6-16-17-13-15(5-7-18(17)36-19(16)12-14)39(32,33)27-10-11-35-24(37-2,38-3)22(27)23(30)26-31/h4-7,12-13,22,31H,8-11H2,1-3H3,(H,25,28)(H,26,30). The van der Waals surface area contributed by atoms with Crippen LogP contribution in [0.15, 0.2) is 45.7 Å². The van der Waals surface area contributed by atoms with Crippen molar-refractivity contribution in [3.63, 3.8) is 0 Å². The van der Waals surface area contributed by atoms with Gasteiger partial charge in [-0.05, 0) is 42.8 Å². The predicted molar refractivity (Wildman–Crippen MR) is 147 cm³/mol. The van der Waals surface area contributed by atoms with Crippen LogP contribution in [0.3, 0.4) is 0 Å². The minimum absolute atomic E-state index is 0.0444. The van der Waals surface area contributed by atoms with Crippen LogP contribution in [0.4, 0.5) is 5.69 Å². The van der Waals surface area contributed by atoms with Gasteiger partial charge in [-0.3, -0.25) is 19.6 Å². The summed E-state index contributed by atoms with van der Waals surface area (Å²) in [7, 11) is -2.97. The molecule has 2 heterocycles. The number of esters is 1. The number of rotatable bonds is 9. The van der Waals surface area contributed by atoms with Crippen molar-refractivity contribution in [3.8, 4) is 0 Å². The highest BCUT2D eigenvalue weighted by molar-refractivity contribution is 8.17. The van der Waals surface area contributed by atoms with E-state index in [2.05, 4.69) is 10.1 Å². The van der Waals surface area contributed by atoms with Crippen LogP contribution in [0.1, 0.15) is 12.8 Å². The van der Waals surface area contributed by atoms with Crippen molar-refractivity contribution < 1.29 is 41.9 Å². The normalized spacial score (nSPS) is 17.7. The number of methoxy groups -OCH3 is 1. The third-order valence-corrected chi connectivity index (χ3v) is 11.0. The molecular formula is C24H27N3O9S3. The van der Waals surface area contributed by atoms with Crippen LogP contribution in [-0.2, 0) is 33.9 Å². The summed E-state index contributed by atoms with van der Waals surface area (Å²) in [6, 6.07) is 7.98. The molecule has 3 aromatic rings. The second-order valence-electron chi connectivity index (χ2n) is 8.45. The lowest BCUT2D eigenvalue weighted by Crippen LogP contribution is -2.63. The van der Waals surface area contributed by atoms with E-state index in [9.17, 15) is 28.0 Å². The number of thioether (sulfide) groups is 2. The van der Waals surface area contributed by atoms with E-state index in [1.807, 2.05) is 0 Å². The third-order valence-electron chi connectivity index (χ3n) is 6.28. The maximum atomic E-state index is 13.8. The van der Waals surface area contributed by atoms with Gasteiger partial charge in [0.2, 0.25) is 15.9 Å². The summed E-state index contributed by atoms with van der Waals surface area (Å²) in [4.78, 5) is 36.1. The number of hydrogen-bond acceptors (Lipinski definition) is 11. The number of amides is 2. The Morgan fingerprint density at radius 3 is 2.51 bits per heavy atom. The van der Waals surface area contributed by atoms with E-state index in [0.29, 0.717) is 27.6 Å². The average molecular weight is 598 g/mol. The Morgan fingerprint density at radius 1 is 1.10 bits per heavy atom. The molecule has 1 aromatic heterocycles. The molecule has 1 saturated heterocycles. The summed E-state index contributed by atoms with van der Waals surface area (Å²) in [5.74, 6) is -1.77. The molecule has 2 aromatic carbocycles. The largest absolute Gasteiger partial charge is 0.469 e. The molecule has 0 aliphatic carbocycles. The highest BCUT2D eigenvalue weighted by Gasteiger charge is 2.53. The minimum Gasteiger partial charge on any atom is -0.469 e. The molecule has 0 radical (unpaired) electrons. The highest BCUT2D eigenvalue weighted by Crippen LogP contribution is 2.45. The number of carbonyl (C=O) groups excluding carboxylic acids is 3. The van der Waals surface area contributed by atoms with E-state index in [4.69, 9.17) is 9.15 Å². The molecule has 4 rings (SSSR count). The van der Waals surface area contributed by atoms with Crippen molar-refractivity contribution in [1.29, 1.82) is 0 Å². The molecule has 1 aliphatic rings. The summed E-state index contributed by atoms with van der Waals surface area (Å²) < 4.78 is 43.7. The van der Waals surface area contributed by atoms with Crippen LogP contribution in [0.25, 0.3) is 21.9 Å². The highest BCUT2D eigenvalue weighted by atomic mass is 32.2. The fourth-order valence-electron chi connectivity index (χ4n) is 4.37. The topological polar surface area (TPSA) is 164 Å². The summed E-state index contributed by atoms with van der Waals surface area (Å²) in [6.45, 7) is -0.0341. The molecule has 1 unspecified atom stereocenters. The number of anilines is 1. The Balaban J connectivity index is 1.67. The molecular weight excluding hydrogens is 570 g/mol. The Hall–Kier alpha value is -2.82. The van der Waals surface area contributed by atoms with Gasteiger partial charge < -0.3 is 19.2 Å². The zero-order valence-electron chi connectivity index (χ0n) is 21.3. The summed E-state index contributed by atoms with van der Waals surface area (Å²) in [5, 5.41) is 13.2. The molecule has 0 saturated carbocycles. The molecule has 1 aliphatic heterocycles. The first-order valence-corrected chi connectivity index (χ1v) is 15.5. The number of morpholine rings is 1. The number of nitrogens with zero attached hydrogens (tertiary/aromatic N) is 1. The number of hydroxylamine groups is 1. The summed E-state index contributed by atoms with van der Waals surface area (Å²) in [6.07, 6.45) is 3.30. The molecule has 0 spiro atoms. The first-order valence-electron chi connectivity index (χ1n) is 11.6. The van der Waals surface area contributed by atoms with Crippen LogP contribution in [-0.4, -0.2) is 78.8 Å². The zero-order chi connectivity index (χ0) is 28.4. The summed E-state index contributed by atoms with van der Waals surface area (Å²) >= 11 is 2.34. The van der Waals surface area contributed by atoms with E-state index in [1.165, 1.54) is 48.8 Å². The lowest BCUT2D eigenvalue weighted by atomic mass is 10.1. The van der Waals surface area contributed by atoms with Gasteiger partial charge >= 0.3 is 5.97 Å². The predicted octanol–water partition coefficient (Wildman–Crippen LogP) is 2.75. The van der Waals surface area contributed by atoms with Gasteiger partial charge in [-0.15, -0.1) is 23.5 Å². The number of benzene rings is 2. The third kappa shape index (κ3) is 5.60. The number of carbonyl (C=O) groups is 3. The lowest BCUT2D eigenvalue weighted by molar-refractivity contribution is -0.141. The SMILES string of the molecule is COC(=O)CCC(=O)Nc1ccc2c(c1)oc1ccc(S(=O)(=O)N3CCOC(SC)(SC)C3C(=O)NO)cc12. The van der Waals surface area contributed by atoms with Crippen molar-refractivity contribution in [3.05, 3.63) is 36.4 Å². The second kappa shape index (κ2) is 11.7. The van der Waals surface area contributed by atoms with Crippen molar-refractivity contribution in [1.82, 2.24) is 9.79 Å². The van der Waals surface area contributed by atoms with Crippen LogP contribution in [0.5, 0.6) is 0 Å². The van der Waals surface area contributed by atoms with E-state index in [0.717, 1.165) is 4.31 Å². The first kappa shape index (κ1) is 29.2. The van der Waals surface area contributed by atoms with Crippen molar-refractivity contribution in [2.24, 2.45) is 0 Å². The molecule has 39 heavy (non-hydrogen) atoms. The van der Waals surface area contributed by atoms with Gasteiger partial charge in [0.15, 0.2) is 10.3 Å². The maximum Gasteiger partial charge on any atom is 0.306 e. The van der Waals surface area contributed by atoms with Gasteiger partial charge in [-0.1, -0.05) is 0 Å². The second-order valence-corrected chi connectivity index (χ2v) is 12.6. The zero-order valence-corrected chi connectivity index (χ0v) is 23.7. The Bertz CT molecular complexity index is 1520. The van der Waals surface area contributed by atoms with E-state index < -0.39 is 32.2 Å². The molecule has 1 atom stereocenters. The van der Waals surface area contributed by atoms with Crippen LogP contribution in [0, 0.1) is 0 Å². The molecule has 210 valence electrons. The Kier molecular flexibility index (Phi) is 8.78. The smallest absolute Gasteiger partial charge is 0.306 e. The van der Waals surface area contributed by atoms with Crippen LogP contribution in [0.2, 0.25) is 0 Å². The fraction of sp³-hybridized carbons (Fsp3) is 0.375. The van der Waals surface area contributed by atoms with Gasteiger partial charge in [0.25, 0.3) is 5.91 Å². The quantitative estimate of drug-likeness (QED) is 0.144. The van der Waals surface area contributed by atoms with Gasteiger partial charge in [0.05, 0.1) is 25.0 Å². The van der Waals surface area contributed by atoms with E-state index in [-0.39, 0.29) is 36.8 Å². The number of nitrogens with one attached hydrogen (secondary N) is 2. The van der Waals surface area contributed by atoms with E-state index >= 15 is 0 Å². The molecule has 0 bridgehead atoms. The van der Waals surface area contributed by atoms with Crippen molar-refractivity contribution in [2.45, 2.75) is 28.0 Å². The first-order chi connectivity index (χ1) is 18.6. The maximum absolute atomic E-state index is 13.8. The van der Waals surface area contributed by atoms with Gasteiger partial charge in [0.1, 0.15) is 11.2 Å². The average Bonchev–Trinajstić information content (AvgIpc) is 3.31. The molecule has 2 amide bonds. The molecule has 12 nitrogen and oxygen atoms in total. The number of ether oxygens (including phenoxy) is 2. The minimum atomic E-state index is -4.22.